The summed E-state index contributed by atoms with van der Waals surface area (Å²) in [7, 11) is 0. The van der Waals surface area contributed by atoms with E-state index < -0.39 is 0 Å². The second kappa shape index (κ2) is 8.73. The third-order valence-corrected chi connectivity index (χ3v) is 3.46. The van der Waals surface area contributed by atoms with Gasteiger partial charge in [-0.1, -0.05) is 11.2 Å². The Morgan fingerprint density at radius 3 is 2.95 bits per heavy atom. The van der Waals surface area contributed by atoms with E-state index in [4.69, 9.17) is 4.52 Å². The molecule has 3 heterocycles. The largest absolute Gasteiger partial charge is 0.364 e. The molecule has 2 aromatic heterocycles. The minimum Gasteiger partial charge on any atom is -0.364 e. The molecular weight excluding hydrogens is 327 g/mol. The summed E-state index contributed by atoms with van der Waals surface area (Å²) in [6, 6.07) is 5.64. The number of nitrogens with one attached hydrogen (secondary N) is 1. The number of halogens is 2. The van der Waals surface area contributed by atoms with Gasteiger partial charge in [-0.25, -0.2) is 0 Å². The summed E-state index contributed by atoms with van der Waals surface area (Å²) < 4.78 is 4.77. The molecule has 22 heavy (non-hydrogen) atoms. The Bertz CT molecular complexity index is 565. The molecule has 1 aliphatic rings. The number of pyridine rings is 1. The molecule has 0 bridgehead atoms. The minimum absolute atomic E-state index is 0. The maximum Gasteiger partial charge on any atom is 0.229 e. The average molecular weight is 345 g/mol. The quantitative estimate of drug-likeness (QED) is 0.916. The molecule has 0 aliphatic carbocycles. The van der Waals surface area contributed by atoms with Crippen molar-refractivity contribution in [1.82, 2.24) is 20.4 Å². The summed E-state index contributed by atoms with van der Waals surface area (Å²) in [5.74, 6) is 0.0641. The Morgan fingerprint density at radius 1 is 1.41 bits per heavy atom. The molecule has 3 rings (SSSR count). The van der Waals surface area contributed by atoms with Gasteiger partial charge >= 0.3 is 0 Å². The first-order chi connectivity index (χ1) is 9.84. The van der Waals surface area contributed by atoms with Crippen molar-refractivity contribution in [3.05, 3.63) is 48.1 Å². The number of hydrogen-bond acceptors (Lipinski definition) is 5. The van der Waals surface area contributed by atoms with E-state index in [-0.39, 0.29) is 43.2 Å². The van der Waals surface area contributed by atoms with Gasteiger partial charge in [0.2, 0.25) is 5.91 Å². The second-order valence-electron chi connectivity index (χ2n) is 4.76. The van der Waals surface area contributed by atoms with E-state index in [0.717, 1.165) is 18.7 Å². The first-order valence-electron chi connectivity index (χ1n) is 6.64. The molecule has 0 aromatic carbocycles. The molecule has 1 aliphatic heterocycles. The third-order valence-electron chi connectivity index (χ3n) is 3.46. The first kappa shape index (κ1) is 18.4. The molecule has 0 spiro atoms. The van der Waals surface area contributed by atoms with Crippen LogP contribution in [-0.4, -0.2) is 40.6 Å². The van der Waals surface area contributed by atoms with Crippen LogP contribution in [0.5, 0.6) is 0 Å². The van der Waals surface area contributed by atoms with Crippen LogP contribution in [0.2, 0.25) is 0 Å². The van der Waals surface area contributed by atoms with Crippen LogP contribution >= 0.6 is 24.8 Å². The molecule has 0 saturated carbocycles. The molecule has 1 fully saturated rings. The lowest BCUT2D eigenvalue weighted by Gasteiger charge is -2.36. The molecule has 2 aromatic rings. The predicted octanol–water partition coefficient (Wildman–Crippen LogP) is 1.63. The fourth-order valence-electron chi connectivity index (χ4n) is 2.46. The lowest BCUT2D eigenvalue weighted by Crippen LogP contribution is -2.49. The van der Waals surface area contributed by atoms with Crippen molar-refractivity contribution in [2.45, 2.75) is 12.5 Å². The van der Waals surface area contributed by atoms with E-state index in [0.29, 0.717) is 12.2 Å². The summed E-state index contributed by atoms with van der Waals surface area (Å²) >= 11 is 0. The van der Waals surface area contributed by atoms with Crippen molar-refractivity contribution < 1.29 is 9.32 Å². The van der Waals surface area contributed by atoms with Gasteiger partial charge in [0.05, 0.1) is 18.2 Å². The highest BCUT2D eigenvalue weighted by Crippen LogP contribution is 2.22. The van der Waals surface area contributed by atoms with E-state index in [9.17, 15) is 4.79 Å². The maximum absolute atomic E-state index is 12.4. The van der Waals surface area contributed by atoms with Crippen molar-refractivity contribution in [3.8, 4) is 0 Å². The molecular formula is C14H18Cl2N4O2. The SMILES string of the molecule is Cl.Cl.O=C(Cc1ccon1)N1CCNCC1c1cccnc1. The third kappa shape index (κ3) is 4.19. The average Bonchev–Trinajstić information content (AvgIpc) is 3.01. The van der Waals surface area contributed by atoms with E-state index >= 15 is 0 Å². The van der Waals surface area contributed by atoms with Gasteiger partial charge in [-0.3, -0.25) is 9.78 Å². The summed E-state index contributed by atoms with van der Waals surface area (Å²) in [6.07, 6.45) is 5.31. The van der Waals surface area contributed by atoms with E-state index in [1.165, 1.54) is 6.26 Å². The van der Waals surface area contributed by atoms with E-state index in [2.05, 4.69) is 15.5 Å². The maximum atomic E-state index is 12.4. The molecule has 8 heteroatoms. The standard InChI is InChI=1S/C14H16N4O2.2ClH/c19-14(8-12-3-7-20-17-12)18-6-5-16-10-13(18)11-2-1-4-15-9-11;;/h1-4,7,9,13,16H,5-6,8,10H2;2*1H. The summed E-state index contributed by atoms with van der Waals surface area (Å²) in [5.41, 5.74) is 1.71. The van der Waals surface area contributed by atoms with E-state index in [1.54, 1.807) is 12.3 Å². The van der Waals surface area contributed by atoms with Crippen LogP contribution in [0.15, 0.2) is 41.4 Å². The highest BCUT2D eigenvalue weighted by molar-refractivity contribution is 5.85. The molecule has 6 nitrogen and oxygen atoms in total. The van der Waals surface area contributed by atoms with Gasteiger partial charge in [-0.2, -0.15) is 0 Å². The first-order valence-corrected chi connectivity index (χ1v) is 6.64. The molecule has 120 valence electrons. The summed E-state index contributed by atoms with van der Waals surface area (Å²) in [6.45, 7) is 2.24. The normalized spacial score (nSPS) is 17.3. The number of carbonyl (C=O) groups excluding carboxylic acids is 1. The predicted molar refractivity (Wildman–Crippen MR) is 86.3 cm³/mol. The number of carbonyl (C=O) groups is 1. The van der Waals surface area contributed by atoms with Gasteiger partial charge in [-0.15, -0.1) is 24.8 Å². The Labute approximate surface area is 141 Å². The smallest absolute Gasteiger partial charge is 0.229 e. The van der Waals surface area contributed by atoms with Gasteiger partial charge < -0.3 is 14.7 Å². The zero-order valence-electron chi connectivity index (χ0n) is 11.8. The zero-order chi connectivity index (χ0) is 13.8. The van der Waals surface area contributed by atoms with E-state index in [1.807, 2.05) is 23.2 Å². The Morgan fingerprint density at radius 2 is 2.27 bits per heavy atom. The number of aromatic nitrogens is 2. The Balaban J connectivity index is 0.00000121. The van der Waals surface area contributed by atoms with Crippen molar-refractivity contribution in [3.63, 3.8) is 0 Å². The number of nitrogens with zero attached hydrogens (tertiary/aromatic N) is 3. The number of piperazine rings is 1. The van der Waals surface area contributed by atoms with Gasteiger partial charge in [0, 0.05) is 38.1 Å². The number of rotatable bonds is 3. The van der Waals surface area contributed by atoms with Gasteiger partial charge in [0.1, 0.15) is 6.26 Å². The van der Waals surface area contributed by atoms with Crippen LogP contribution < -0.4 is 5.32 Å². The number of amides is 1. The fraction of sp³-hybridized carbons (Fsp3) is 0.357. The van der Waals surface area contributed by atoms with Crippen molar-refractivity contribution >= 4 is 30.7 Å². The van der Waals surface area contributed by atoms with Crippen molar-refractivity contribution in [1.29, 1.82) is 0 Å². The zero-order valence-corrected chi connectivity index (χ0v) is 13.5. The lowest BCUT2D eigenvalue weighted by molar-refractivity contribution is -0.133. The van der Waals surface area contributed by atoms with Crippen LogP contribution in [0.4, 0.5) is 0 Å². The number of hydrogen-bond donors (Lipinski definition) is 1. The summed E-state index contributed by atoms with van der Waals surface area (Å²) in [5, 5.41) is 7.12. The van der Waals surface area contributed by atoms with Crippen LogP contribution in [-0.2, 0) is 11.2 Å². The van der Waals surface area contributed by atoms with Gasteiger partial charge in [0.15, 0.2) is 0 Å². The van der Waals surface area contributed by atoms with Crippen molar-refractivity contribution in [2.24, 2.45) is 0 Å². The van der Waals surface area contributed by atoms with Gasteiger partial charge in [-0.05, 0) is 11.6 Å². The monoisotopic (exact) mass is 344 g/mol. The second-order valence-corrected chi connectivity index (χ2v) is 4.76. The molecule has 1 saturated heterocycles. The van der Waals surface area contributed by atoms with Crippen molar-refractivity contribution in [2.75, 3.05) is 19.6 Å². The highest BCUT2D eigenvalue weighted by Gasteiger charge is 2.28. The minimum atomic E-state index is 0. The molecule has 1 atom stereocenters. The van der Waals surface area contributed by atoms with Gasteiger partial charge in [0.25, 0.3) is 0 Å². The Hall–Kier alpha value is -1.63. The topological polar surface area (TPSA) is 71.3 Å². The molecule has 1 N–H and O–H groups in total. The molecule has 1 unspecified atom stereocenters. The summed E-state index contributed by atoms with van der Waals surface area (Å²) in [4.78, 5) is 18.5. The van der Waals surface area contributed by atoms with Crippen LogP contribution in [0.3, 0.4) is 0 Å². The molecule has 0 radical (unpaired) electrons. The van der Waals surface area contributed by atoms with Crippen LogP contribution in [0.1, 0.15) is 17.3 Å². The lowest BCUT2D eigenvalue weighted by atomic mass is 10.0. The van der Waals surface area contributed by atoms with Crippen LogP contribution in [0.25, 0.3) is 0 Å². The Kier molecular flexibility index (Phi) is 7.31. The molecule has 1 amide bonds. The highest BCUT2D eigenvalue weighted by atomic mass is 35.5. The fourth-order valence-corrected chi connectivity index (χ4v) is 2.46. The van der Waals surface area contributed by atoms with Crippen LogP contribution in [0, 0.1) is 0 Å².